The average molecular weight is 466 g/mol. The number of nitrogens with zero attached hydrogens (tertiary/aromatic N) is 7. The van der Waals surface area contributed by atoms with Crippen LogP contribution >= 0.6 is 11.8 Å². The van der Waals surface area contributed by atoms with Crippen LogP contribution in [0.15, 0.2) is 58.5 Å². The molecule has 0 aliphatic carbocycles. The van der Waals surface area contributed by atoms with Crippen LogP contribution in [0, 0.1) is 5.82 Å². The fourth-order valence-corrected chi connectivity index (χ4v) is 5.01. The third-order valence-electron chi connectivity index (χ3n) is 6.00. The Kier molecular flexibility index (Phi) is 6.19. The smallest absolute Gasteiger partial charge is 0.278 e. The Morgan fingerprint density at radius 3 is 2.55 bits per heavy atom. The summed E-state index contributed by atoms with van der Waals surface area (Å²) in [7, 11) is 0. The van der Waals surface area contributed by atoms with Gasteiger partial charge in [-0.25, -0.2) is 4.39 Å². The maximum atomic E-state index is 13.6. The van der Waals surface area contributed by atoms with E-state index < -0.39 is 0 Å². The van der Waals surface area contributed by atoms with Gasteiger partial charge in [0.05, 0.1) is 17.3 Å². The van der Waals surface area contributed by atoms with E-state index in [-0.39, 0.29) is 23.3 Å². The molecule has 1 atom stereocenters. The molecule has 1 aliphatic rings. The molecule has 170 valence electrons. The molecule has 2 aromatic heterocycles. The Bertz CT molecular complexity index is 1310. The fourth-order valence-electron chi connectivity index (χ4n) is 4.17. The number of piperidine rings is 1. The first-order valence-electron chi connectivity index (χ1n) is 11.0. The molecule has 0 saturated carbocycles. The number of benzene rings is 2. The molecule has 3 heterocycles. The number of thioether (sulfide) groups is 1. The van der Waals surface area contributed by atoms with Gasteiger partial charge < -0.3 is 0 Å². The number of aromatic nitrogens is 6. The number of fused-ring (bicyclic) bond motifs is 1. The molecule has 5 rings (SSSR count). The second-order valence-electron chi connectivity index (χ2n) is 8.11. The first-order valence-corrected chi connectivity index (χ1v) is 12.0. The summed E-state index contributed by atoms with van der Waals surface area (Å²) in [6.45, 7) is 4.16. The van der Waals surface area contributed by atoms with Crippen molar-refractivity contribution in [3.8, 4) is 5.69 Å². The van der Waals surface area contributed by atoms with E-state index in [1.165, 1.54) is 47.8 Å². The minimum atomic E-state index is -0.301. The van der Waals surface area contributed by atoms with Gasteiger partial charge in [-0.05, 0) is 69.3 Å². The van der Waals surface area contributed by atoms with E-state index in [2.05, 4.69) is 32.3 Å². The van der Waals surface area contributed by atoms with Gasteiger partial charge in [0.2, 0.25) is 0 Å². The van der Waals surface area contributed by atoms with Crippen LogP contribution in [0.1, 0.15) is 38.1 Å². The highest BCUT2D eigenvalue weighted by molar-refractivity contribution is 7.98. The second kappa shape index (κ2) is 9.40. The SMILES string of the molecule is C[C@H](c1nnc(SCn2nnc3ccccc3c2=O)n1-c1ccc(F)cc1)N1CCCCC1. The standard InChI is InChI=1S/C23H24FN7OS/c1-16(29-13-5-2-6-14-29)21-26-27-23(31(21)18-11-9-17(24)10-12-18)33-15-30-22(32)19-7-3-4-8-20(19)25-28-30/h3-4,7-12,16H,2,5-6,13-15H2,1H3/t16-/m1/s1. The van der Waals surface area contributed by atoms with Crippen LogP contribution in [0.5, 0.6) is 0 Å². The largest absolute Gasteiger partial charge is 0.294 e. The van der Waals surface area contributed by atoms with Crippen molar-refractivity contribution in [2.75, 3.05) is 13.1 Å². The maximum Gasteiger partial charge on any atom is 0.278 e. The second-order valence-corrected chi connectivity index (χ2v) is 9.02. The van der Waals surface area contributed by atoms with E-state index in [0.717, 1.165) is 24.6 Å². The van der Waals surface area contributed by atoms with Gasteiger partial charge in [-0.2, -0.15) is 4.68 Å². The first kappa shape index (κ1) is 21.7. The number of hydrogen-bond acceptors (Lipinski definition) is 7. The maximum absolute atomic E-state index is 13.6. The summed E-state index contributed by atoms with van der Waals surface area (Å²) in [6.07, 6.45) is 3.58. The molecule has 1 fully saturated rings. The molecular weight excluding hydrogens is 441 g/mol. The molecule has 0 unspecified atom stereocenters. The Balaban J connectivity index is 1.48. The molecule has 4 aromatic rings. The van der Waals surface area contributed by atoms with Gasteiger partial charge in [0.15, 0.2) is 11.0 Å². The monoisotopic (exact) mass is 465 g/mol. The van der Waals surface area contributed by atoms with Gasteiger partial charge >= 0.3 is 0 Å². The predicted molar refractivity (Wildman–Crippen MR) is 125 cm³/mol. The molecule has 0 radical (unpaired) electrons. The van der Waals surface area contributed by atoms with E-state index in [0.29, 0.717) is 16.1 Å². The molecule has 10 heteroatoms. The lowest BCUT2D eigenvalue weighted by atomic mass is 10.1. The van der Waals surface area contributed by atoms with Crippen molar-refractivity contribution < 1.29 is 4.39 Å². The van der Waals surface area contributed by atoms with Crippen LogP contribution in [0.3, 0.4) is 0 Å². The zero-order valence-corrected chi connectivity index (χ0v) is 19.1. The molecule has 1 aliphatic heterocycles. The van der Waals surface area contributed by atoms with Crippen molar-refractivity contribution in [1.82, 2.24) is 34.7 Å². The Hall–Kier alpha value is -3.11. The molecular formula is C23H24FN7OS. The molecule has 0 bridgehead atoms. The normalized spacial score (nSPS) is 15.7. The van der Waals surface area contributed by atoms with Crippen LogP contribution < -0.4 is 5.56 Å². The lowest BCUT2D eigenvalue weighted by Crippen LogP contribution is -2.33. The quantitative estimate of drug-likeness (QED) is 0.401. The zero-order chi connectivity index (χ0) is 22.8. The van der Waals surface area contributed by atoms with Crippen molar-refractivity contribution >= 4 is 22.7 Å². The summed E-state index contributed by atoms with van der Waals surface area (Å²) < 4.78 is 16.9. The van der Waals surface area contributed by atoms with E-state index in [1.54, 1.807) is 24.3 Å². The Labute approximate surface area is 194 Å². The minimum absolute atomic E-state index is 0.0559. The van der Waals surface area contributed by atoms with Gasteiger partial charge in [0.25, 0.3) is 5.56 Å². The number of likely N-dealkylation sites (tertiary alicyclic amines) is 1. The van der Waals surface area contributed by atoms with Gasteiger partial charge in [-0.1, -0.05) is 35.5 Å². The molecule has 1 saturated heterocycles. The van der Waals surface area contributed by atoms with Crippen LogP contribution in [0.2, 0.25) is 0 Å². The molecule has 0 N–H and O–H groups in total. The molecule has 0 amide bonds. The summed E-state index contributed by atoms with van der Waals surface area (Å²) >= 11 is 1.34. The van der Waals surface area contributed by atoms with Crippen LogP contribution in [0.4, 0.5) is 4.39 Å². The van der Waals surface area contributed by atoms with E-state index in [1.807, 2.05) is 16.7 Å². The topological polar surface area (TPSA) is 81.7 Å². The summed E-state index contributed by atoms with van der Waals surface area (Å²) in [5.41, 5.74) is 1.14. The van der Waals surface area contributed by atoms with Crippen molar-refractivity contribution in [2.45, 2.75) is 43.3 Å². The Morgan fingerprint density at radius 2 is 1.76 bits per heavy atom. The third-order valence-corrected chi connectivity index (χ3v) is 6.90. The fraction of sp³-hybridized carbons (Fsp3) is 0.348. The minimum Gasteiger partial charge on any atom is -0.294 e. The van der Waals surface area contributed by atoms with Gasteiger partial charge in [0, 0.05) is 5.69 Å². The van der Waals surface area contributed by atoms with Crippen LogP contribution in [-0.2, 0) is 5.88 Å². The molecule has 2 aromatic carbocycles. The van der Waals surface area contributed by atoms with E-state index in [9.17, 15) is 9.18 Å². The highest BCUT2D eigenvalue weighted by atomic mass is 32.2. The van der Waals surface area contributed by atoms with Gasteiger partial charge in [0.1, 0.15) is 11.3 Å². The number of hydrogen-bond donors (Lipinski definition) is 0. The van der Waals surface area contributed by atoms with Crippen LogP contribution in [-0.4, -0.2) is 47.7 Å². The third kappa shape index (κ3) is 4.40. The Morgan fingerprint density at radius 1 is 1.00 bits per heavy atom. The van der Waals surface area contributed by atoms with Gasteiger partial charge in [-0.3, -0.25) is 14.3 Å². The summed E-state index contributed by atoms with van der Waals surface area (Å²) in [4.78, 5) is 15.2. The van der Waals surface area contributed by atoms with Crippen molar-refractivity contribution in [1.29, 1.82) is 0 Å². The van der Waals surface area contributed by atoms with Crippen molar-refractivity contribution in [2.24, 2.45) is 0 Å². The lowest BCUT2D eigenvalue weighted by Gasteiger charge is -2.31. The summed E-state index contributed by atoms with van der Waals surface area (Å²) in [6, 6.07) is 13.5. The first-order chi connectivity index (χ1) is 16.1. The highest BCUT2D eigenvalue weighted by Crippen LogP contribution is 2.29. The van der Waals surface area contributed by atoms with Crippen LogP contribution in [0.25, 0.3) is 16.6 Å². The zero-order valence-electron chi connectivity index (χ0n) is 18.3. The van der Waals surface area contributed by atoms with Gasteiger partial charge in [-0.15, -0.1) is 15.3 Å². The number of rotatable bonds is 6. The number of halogens is 1. The van der Waals surface area contributed by atoms with Crippen molar-refractivity contribution in [3.05, 3.63) is 70.5 Å². The van der Waals surface area contributed by atoms with E-state index in [4.69, 9.17) is 0 Å². The van der Waals surface area contributed by atoms with E-state index >= 15 is 0 Å². The summed E-state index contributed by atoms with van der Waals surface area (Å²) in [5, 5.41) is 18.3. The molecule has 8 nitrogen and oxygen atoms in total. The highest BCUT2D eigenvalue weighted by Gasteiger charge is 2.25. The predicted octanol–water partition coefficient (Wildman–Crippen LogP) is 3.81. The van der Waals surface area contributed by atoms with Crippen molar-refractivity contribution in [3.63, 3.8) is 0 Å². The molecule has 0 spiro atoms. The summed E-state index contributed by atoms with van der Waals surface area (Å²) in [5.74, 6) is 0.723. The molecule has 33 heavy (non-hydrogen) atoms. The lowest BCUT2D eigenvalue weighted by molar-refractivity contribution is 0.167. The average Bonchev–Trinajstić information content (AvgIpc) is 3.28.